The van der Waals surface area contributed by atoms with Gasteiger partial charge in [0.05, 0.1) is 10.1 Å². The SMILES string of the molecule is CC(C)CCCCCCCCS(=O)(=O)[O-].[Na+]. The number of rotatable bonds is 9. The molecule has 0 fully saturated rings. The van der Waals surface area contributed by atoms with Gasteiger partial charge in [-0.3, -0.25) is 0 Å². The van der Waals surface area contributed by atoms with E-state index in [2.05, 4.69) is 13.8 Å². The fourth-order valence-corrected chi connectivity index (χ4v) is 2.10. The normalized spacial score (nSPS) is 11.5. The van der Waals surface area contributed by atoms with Crippen LogP contribution in [0, 0.1) is 5.92 Å². The molecule has 92 valence electrons. The molecule has 0 aliphatic rings. The van der Waals surface area contributed by atoms with Crippen LogP contribution in [-0.4, -0.2) is 18.7 Å². The summed E-state index contributed by atoms with van der Waals surface area (Å²) in [4.78, 5) is 0. The molecule has 0 aromatic rings. The monoisotopic (exact) mass is 258 g/mol. The van der Waals surface area contributed by atoms with Crippen molar-refractivity contribution in [3.05, 3.63) is 0 Å². The topological polar surface area (TPSA) is 57.2 Å². The van der Waals surface area contributed by atoms with E-state index in [0.717, 1.165) is 25.2 Å². The van der Waals surface area contributed by atoms with Gasteiger partial charge < -0.3 is 4.55 Å². The molecule has 0 aliphatic heterocycles. The van der Waals surface area contributed by atoms with Crippen LogP contribution >= 0.6 is 0 Å². The van der Waals surface area contributed by atoms with Gasteiger partial charge >= 0.3 is 29.6 Å². The molecule has 0 rings (SSSR count). The number of unbranched alkanes of at least 4 members (excludes halogenated alkanes) is 5. The fourth-order valence-electron chi connectivity index (χ4n) is 1.54. The molecule has 0 aromatic heterocycles. The van der Waals surface area contributed by atoms with E-state index in [1.807, 2.05) is 0 Å². The second kappa shape index (κ2) is 11.0. The maximum atomic E-state index is 10.3. The van der Waals surface area contributed by atoms with Gasteiger partial charge in [-0.1, -0.05) is 52.4 Å². The van der Waals surface area contributed by atoms with Gasteiger partial charge in [0.15, 0.2) is 0 Å². The predicted octanol–water partition coefficient (Wildman–Crippen LogP) is -0.0777. The molecule has 0 amide bonds. The Hall–Kier alpha value is 0.910. The maximum Gasteiger partial charge on any atom is 1.00 e. The van der Waals surface area contributed by atoms with E-state index in [4.69, 9.17) is 0 Å². The summed E-state index contributed by atoms with van der Waals surface area (Å²) >= 11 is 0. The van der Waals surface area contributed by atoms with Crippen molar-refractivity contribution < 1.29 is 42.5 Å². The molecule has 0 radical (unpaired) electrons. The summed E-state index contributed by atoms with van der Waals surface area (Å²) in [6.45, 7) is 4.44. The molecule has 0 spiro atoms. The minimum Gasteiger partial charge on any atom is -0.748 e. The van der Waals surface area contributed by atoms with Crippen molar-refractivity contribution in [3.63, 3.8) is 0 Å². The first-order valence-electron chi connectivity index (χ1n) is 5.85. The average molecular weight is 258 g/mol. The van der Waals surface area contributed by atoms with Gasteiger partial charge in [0.1, 0.15) is 0 Å². The third kappa shape index (κ3) is 17.3. The van der Waals surface area contributed by atoms with E-state index in [0.29, 0.717) is 6.42 Å². The van der Waals surface area contributed by atoms with Crippen molar-refractivity contribution >= 4 is 10.1 Å². The van der Waals surface area contributed by atoms with Gasteiger partial charge in [0, 0.05) is 5.75 Å². The zero-order chi connectivity index (χ0) is 11.7. The van der Waals surface area contributed by atoms with Crippen LogP contribution < -0.4 is 29.6 Å². The zero-order valence-electron chi connectivity index (χ0n) is 10.9. The Balaban J connectivity index is 0. The van der Waals surface area contributed by atoms with Crippen LogP contribution in [-0.2, 0) is 10.1 Å². The van der Waals surface area contributed by atoms with Gasteiger partial charge in [0.25, 0.3) is 0 Å². The summed E-state index contributed by atoms with van der Waals surface area (Å²) in [5.41, 5.74) is 0. The zero-order valence-corrected chi connectivity index (χ0v) is 13.7. The molecule has 0 atom stereocenters. The minimum absolute atomic E-state index is 0. The maximum absolute atomic E-state index is 10.3. The Kier molecular flexibility index (Phi) is 13.3. The molecule has 5 heteroatoms. The van der Waals surface area contributed by atoms with Crippen molar-refractivity contribution in [3.8, 4) is 0 Å². The van der Waals surface area contributed by atoms with Crippen LogP contribution in [0.3, 0.4) is 0 Å². The Morgan fingerprint density at radius 1 is 0.938 bits per heavy atom. The van der Waals surface area contributed by atoms with Crippen molar-refractivity contribution in [2.24, 2.45) is 5.92 Å². The molecule has 0 saturated heterocycles. The van der Waals surface area contributed by atoms with Crippen LogP contribution in [0.1, 0.15) is 58.8 Å². The van der Waals surface area contributed by atoms with E-state index in [9.17, 15) is 13.0 Å². The van der Waals surface area contributed by atoms with Gasteiger partial charge in [-0.25, -0.2) is 8.42 Å². The average Bonchev–Trinajstić information content (AvgIpc) is 2.07. The van der Waals surface area contributed by atoms with Crippen molar-refractivity contribution in [1.82, 2.24) is 0 Å². The predicted molar refractivity (Wildman–Crippen MR) is 61.7 cm³/mol. The standard InChI is InChI=1S/C11H24O3S.Na/c1-11(2)9-7-5-3-4-6-8-10-15(12,13)14;/h11H,3-10H2,1-2H3,(H,12,13,14);/q;+1/p-1. The van der Waals surface area contributed by atoms with Crippen LogP contribution in [0.4, 0.5) is 0 Å². The van der Waals surface area contributed by atoms with E-state index >= 15 is 0 Å². The van der Waals surface area contributed by atoms with Gasteiger partial charge in [-0.05, 0) is 12.3 Å². The molecule has 0 unspecified atom stereocenters. The molecular weight excluding hydrogens is 235 g/mol. The smallest absolute Gasteiger partial charge is 0.748 e. The molecule has 0 N–H and O–H groups in total. The first-order chi connectivity index (χ1) is 6.92. The molecule has 3 nitrogen and oxygen atoms in total. The molecular formula is C11H23NaO3S. The van der Waals surface area contributed by atoms with Crippen LogP contribution in [0.2, 0.25) is 0 Å². The Morgan fingerprint density at radius 3 is 1.81 bits per heavy atom. The molecule has 0 aliphatic carbocycles. The summed E-state index contributed by atoms with van der Waals surface area (Å²) in [7, 11) is -3.98. The summed E-state index contributed by atoms with van der Waals surface area (Å²) in [6, 6.07) is 0. The molecule has 0 bridgehead atoms. The molecule has 0 heterocycles. The molecule has 0 saturated carbocycles. The summed E-state index contributed by atoms with van der Waals surface area (Å²) in [6.07, 6.45) is 7.35. The first-order valence-corrected chi connectivity index (χ1v) is 7.43. The van der Waals surface area contributed by atoms with E-state index in [1.165, 1.54) is 19.3 Å². The number of hydrogen-bond donors (Lipinski definition) is 0. The van der Waals surface area contributed by atoms with E-state index < -0.39 is 10.1 Å². The second-order valence-corrected chi connectivity index (χ2v) is 6.09. The third-order valence-electron chi connectivity index (χ3n) is 2.43. The van der Waals surface area contributed by atoms with Crippen LogP contribution in [0.5, 0.6) is 0 Å². The van der Waals surface area contributed by atoms with Gasteiger partial charge in [0.2, 0.25) is 0 Å². The Morgan fingerprint density at radius 2 is 1.38 bits per heavy atom. The third-order valence-corrected chi connectivity index (χ3v) is 3.21. The fraction of sp³-hybridized carbons (Fsp3) is 1.00. The Bertz CT molecular complexity index is 238. The minimum atomic E-state index is -3.98. The van der Waals surface area contributed by atoms with Crippen molar-refractivity contribution in [1.29, 1.82) is 0 Å². The van der Waals surface area contributed by atoms with Crippen molar-refractivity contribution in [2.45, 2.75) is 58.8 Å². The summed E-state index contributed by atoms with van der Waals surface area (Å²) < 4.78 is 30.9. The second-order valence-electron chi connectivity index (χ2n) is 4.57. The van der Waals surface area contributed by atoms with E-state index in [-0.39, 0.29) is 35.3 Å². The summed E-state index contributed by atoms with van der Waals surface area (Å²) in [5, 5.41) is 0. The molecule has 0 aromatic carbocycles. The van der Waals surface area contributed by atoms with Gasteiger partial charge in [-0.15, -0.1) is 0 Å². The van der Waals surface area contributed by atoms with Gasteiger partial charge in [-0.2, -0.15) is 0 Å². The summed E-state index contributed by atoms with van der Waals surface area (Å²) in [5.74, 6) is 0.578. The first kappa shape index (κ1) is 19.3. The van der Waals surface area contributed by atoms with Crippen LogP contribution in [0.15, 0.2) is 0 Å². The van der Waals surface area contributed by atoms with Crippen LogP contribution in [0.25, 0.3) is 0 Å². The number of hydrogen-bond acceptors (Lipinski definition) is 3. The van der Waals surface area contributed by atoms with E-state index in [1.54, 1.807) is 0 Å². The largest absolute Gasteiger partial charge is 1.00 e. The van der Waals surface area contributed by atoms with Crippen molar-refractivity contribution in [2.75, 3.05) is 5.75 Å². The Labute approximate surface area is 122 Å². The molecule has 16 heavy (non-hydrogen) atoms. The quantitative estimate of drug-likeness (QED) is 0.330.